The van der Waals surface area contributed by atoms with E-state index in [4.69, 9.17) is 18.9 Å². The number of hydrogen-bond donors (Lipinski definition) is 3. The summed E-state index contributed by atoms with van der Waals surface area (Å²) in [5, 5.41) is 15.6. The molecule has 0 radical (unpaired) electrons. The minimum absolute atomic E-state index is 0.0223. The van der Waals surface area contributed by atoms with Gasteiger partial charge in [-0.2, -0.15) is 0 Å². The summed E-state index contributed by atoms with van der Waals surface area (Å²) in [5.74, 6) is 1.51. The van der Waals surface area contributed by atoms with Gasteiger partial charge in [0.25, 0.3) is 5.91 Å². The van der Waals surface area contributed by atoms with Gasteiger partial charge in [-0.05, 0) is 49.2 Å². The summed E-state index contributed by atoms with van der Waals surface area (Å²) in [4.78, 5) is 25.3. The van der Waals surface area contributed by atoms with E-state index in [0.717, 1.165) is 0 Å². The van der Waals surface area contributed by atoms with Crippen molar-refractivity contribution in [2.75, 3.05) is 26.6 Å². The van der Waals surface area contributed by atoms with Gasteiger partial charge in [0.2, 0.25) is 12.7 Å². The summed E-state index contributed by atoms with van der Waals surface area (Å²) >= 11 is 0. The molecule has 2 aromatic carbocycles. The highest BCUT2D eigenvalue weighted by molar-refractivity contribution is 5.97. The van der Waals surface area contributed by atoms with Crippen LogP contribution in [0.3, 0.4) is 0 Å². The summed E-state index contributed by atoms with van der Waals surface area (Å²) in [6.07, 6.45) is -0.936. The van der Waals surface area contributed by atoms with Crippen LogP contribution in [0.25, 0.3) is 0 Å². The largest absolute Gasteiger partial charge is 0.494 e. The van der Waals surface area contributed by atoms with Crippen molar-refractivity contribution in [2.45, 2.75) is 32.9 Å². The van der Waals surface area contributed by atoms with E-state index in [1.54, 1.807) is 42.5 Å². The van der Waals surface area contributed by atoms with Crippen molar-refractivity contribution in [1.82, 2.24) is 10.6 Å². The lowest BCUT2D eigenvalue weighted by molar-refractivity contribution is -0.124. The summed E-state index contributed by atoms with van der Waals surface area (Å²) in [7, 11) is 0. The van der Waals surface area contributed by atoms with Crippen molar-refractivity contribution < 1.29 is 33.6 Å². The van der Waals surface area contributed by atoms with Crippen molar-refractivity contribution >= 4 is 11.8 Å². The Morgan fingerprint density at radius 3 is 2.42 bits per heavy atom. The zero-order chi connectivity index (χ0) is 23.8. The number of aliphatic hydroxyl groups excluding tert-OH is 1. The number of ether oxygens (including phenoxy) is 4. The maximum atomic E-state index is 12.7. The molecule has 1 aliphatic heterocycles. The summed E-state index contributed by atoms with van der Waals surface area (Å²) in [6.45, 7) is 6.21. The summed E-state index contributed by atoms with van der Waals surface area (Å²) in [6, 6.07) is 11.1. The molecule has 2 unspecified atom stereocenters. The normalized spacial score (nSPS) is 13.8. The fraction of sp³-hybridized carbons (Fsp3) is 0.417. The van der Waals surface area contributed by atoms with Gasteiger partial charge in [0.15, 0.2) is 11.5 Å². The quantitative estimate of drug-likeness (QED) is 0.472. The second kappa shape index (κ2) is 11.4. The Morgan fingerprint density at radius 2 is 1.73 bits per heavy atom. The third-order valence-corrected chi connectivity index (χ3v) is 4.96. The van der Waals surface area contributed by atoms with Crippen LogP contribution in [0.15, 0.2) is 42.5 Å². The predicted octanol–water partition coefficient (Wildman–Crippen LogP) is 2.12. The van der Waals surface area contributed by atoms with E-state index in [1.807, 2.05) is 20.8 Å². The highest BCUT2D eigenvalue weighted by Crippen LogP contribution is 2.35. The molecule has 3 rings (SSSR count). The average molecular weight is 459 g/mol. The van der Waals surface area contributed by atoms with Crippen molar-refractivity contribution in [1.29, 1.82) is 0 Å². The highest BCUT2D eigenvalue weighted by atomic mass is 16.7. The molecule has 0 aromatic heterocycles. The lowest BCUT2D eigenvalue weighted by atomic mass is 10.0. The number of amides is 2. The molecule has 9 nitrogen and oxygen atoms in total. The molecule has 3 N–H and O–H groups in total. The molecule has 2 atom stereocenters. The molecule has 0 fully saturated rings. The van der Waals surface area contributed by atoms with Gasteiger partial charge < -0.3 is 34.7 Å². The number of rotatable bonds is 11. The molecule has 33 heavy (non-hydrogen) atoms. The molecular formula is C24H30N2O7. The number of aliphatic hydroxyl groups is 1. The number of hydrogen-bond acceptors (Lipinski definition) is 7. The van der Waals surface area contributed by atoms with Gasteiger partial charge in [-0.25, -0.2) is 0 Å². The molecule has 0 saturated carbocycles. The first-order valence-corrected chi connectivity index (χ1v) is 10.9. The Balaban J connectivity index is 1.47. The van der Waals surface area contributed by atoms with Crippen molar-refractivity contribution in [3.8, 4) is 23.0 Å². The molecule has 0 spiro atoms. The van der Waals surface area contributed by atoms with Crippen molar-refractivity contribution in [3.05, 3.63) is 48.0 Å². The van der Waals surface area contributed by atoms with E-state index in [-0.39, 0.29) is 37.7 Å². The molecule has 9 heteroatoms. The highest BCUT2D eigenvalue weighted by Gasteiger charge is 2.25. The molecule has 178 valence electrons. The average Bonchev–Trinajstić information content (AvgIpc) is 3.28. The Morgan fingerprint density at radius 1 is 1.03 bits per heavy atom. The van der Waals surface area contributed by atoms with Gasteiger partial charge >= 0.3 is 0 Å². The second-order valence-corrected chi connectivity index (χ2v) is 7.88. The van der Waals surface area contributed by atoms with E-state index < -0.39 is 12.1 Å². The smallest absolute Gasteiger partial charge is 0.251 e. The topological polar surface area (TPSA) is 115 Å². The maximum Gasteiger partial charge on any atom is 0.251 e. The van der Waals surface area contributed by atoms with E-state index in [1.165, 1.54) is 0 Å². The molecular weight excluding hydrogens is 428 g/mol. The third kappa shape index (κ3) is 6.76. The van der Waals surface area contributed by atoms with Crippen molar-refractivity contribution in [3.63, 3.8) is 0 Å². The van der Waals surface area contributed by atoms with Crippen LogP contribution in [0.1, 0.15) is 31.1 Å². The maximum absolute atomic E-state index is 12.7. The molecule has 2 amide bonds. The van der Waals surface area contributed by atoms with Crippen LogP contribution in [0, 0.1) is 5.92 Å². The van der Waals surface area contributed by atoms with E-state index >= 15 is 0 Å². The minimum Gasteiger partial charge on any atom is -0.494 e. The summed E-state index contributed by atoms with van der Waals surface area (Å²) in [5.41, 5.74) is 0.425. The molecule has 2 aromatic rings. The van der Waals surface area contributed by atoms with Gasteiger partial charge in [-0.3, -0.25) is 9.59 Å². The van der Waals surface area contributed by atoms with Crippen LogP contribution in [-0.2, 0) is 4.79 Å². The predicted molar refractivity (Wildman–Crippen MR) is 121 cm³/mol. The zero-order valence-corrected chi connectivity index (χ0v) is 19.0. The standard InChI is InChI=1S/C24H30N2O7/c1-4-30-18-7-5-16(6-8-18)23(28)26-22(15(2)3)24(29)25-12-17(27)13-31-19-9-10-20-21(11-19)33-14-32-20/h5-11,15,17,22,27H,4,12-14H2,1-3H3,(H,25,29)(H,26,28). The van der Waals surface area contributed by atoms with E-state index in [2.05, 4.69) is 10.6 Å². The number of carbonyl (C=O) groups excluding carboxylic acids is 2. The Bertz CT molecular complexity index is 946. The lowest BCUT2D eigenvalue weighted by Gasteiger charge is -2.22. The Hall–Kier alpha value is -3.46. The fourth-order valence-corrected chi connectivity index (χ4v) is 3.18. The Kier molecular flexibility index (Phi) is 8.37. The van der Waals surface area contributed by atoms with Gasteiger partial charge in [0.05, 0.1) is 6.61 Å². The van der Waals surface area contributed by atoms with Crippen LogP contribution in [0.2, 0.25) is 0 Å². The zero-order valence-electron chi connectivity index (χ0n) is 19.0. The number of nitrogens with one attached hydrogen (secondary N) is 2. The second-order valence-electron chi connectivity index (χ2n) is 7.88. The third-order valence-electron chi connectivity index (χ3n) is 4.96. The van der Waals surface area contributed by atoms with Crippen LogP contribution in [0.4, 0.5) is 0 Å². The van der Waals surface area contributed by atoms with E-state index in [0.29, 0.717) is 35.2 Å². The van der Waals surface area contributed by atoms with Crippen LogP contribution in [0.5, 0.6) is 23.0 Å². The first kappa shape index (κ1) is 24.2. The van der Waals surface area contributed by atoms with Crippen LogP contribution < -0.4 is 29.6 Å². The number of fused-ring (bicyclic) bond motifs is 1. The minimum atomic E-state index is -0.936. The lowest BCUT2D eigenvalue weighted by Crippen LogP contribution is -2.51. The molecule has 0 aliphatic carbocycles. The fourth-order valence-electron chi connectivity index (χ4n) is 3.18. The molecule has 1 aliphatic rings. The van der Waals surface area contributed by atoms with E-state index in [9.17, 15) is 14.7 Å². The number of benzene rings is 2. The summed E-state index contributed by atoms with van der Waals surface area (Å²) < 4.78 is 21.5. The molecule has 1 heterocycles. The Labute approximate surface area is 193 Å². The van der Waals surface area contributed by atoms with Gasteiger partial charge in [0, 0.05) is 18.2 Å². The van der Waals surface area contributed by atoms with Gasteiger partial charge in [-0.1, -0.05) is 13.8 Å². The number of carbonyl (C=O) groups is 2. The van der Waals surface area contributed by atoms with Crippen LogP contribution >= 0.6 is 0 Å². The first-order chi connectivity index (χ1) is 15.9. The SMILES string of the molecule is CCOc1ccc(C(=O)NC(C(=O)NCC(O)COc2ccc3c(c2)OCO3)C(C)C)cc1. The van der Waals surface area contributed by atoms with Gasteiger partial charge in [0.1, 0.15) is 30.3 Å². The van der Waals surface area contributed by atoms with Crippen molar-refractivity contribution in [2.24, 2.45) is 5.92 Å². The van der Waals surface area contributed by atoms with Crippen LogP contribution in [-0.4, -0.2) is 55.6 Å². The molecule has 0 saturated heterocycles. The first-order valence-electron chi connectivity index (χ1n) is 10.9. The monoisotopic (exact) mass is 458 g/mol. The van der Waals surface area contributed by atoms with Gasteiger partial charge in [-0.15, -0.1) is 0 Å². The molecule has 0 bridgehead atoms.